The van der Waals surface area contributed by atoms with E-state index in [9.17, 15) is 0 Å². The van der Waals surface area contributed by atoms with E-state index in [4.69, 9.17) is 13.9 Å². The molecule has 0 radical (unpaired) electrons. The van der Waals surface area contributed by atoms with E-state index < -0.39 is 5.79 Å². The summed E-state index contributed by atoms with van der Waals surface area (Å²) < 4.78 is 16.3. The summed E-state index contributed by atoms with van der Waals surface area (Å²) in [5, 5.41) is 0.784. The molecule has 1 aliphatic heterocycles. The third-order valence-corrected chi connectivity index (χ3v) is 2.74. The highest BCUT2D eigenvalue weighted by molar-refractivity contribution is 9.08. The quantitative estimate of drug-likeness (QED) is 0.752. The standard InChI is InChI=1S/C9H11BrO3/c1-9(12-2-3-13-9)8-4-7(5-10)6-11-8/h4,6H,2-3,5H2,1H3. The zero-order valence-corrected chi connectivity index (χ0v) is 8.96. The van der Waals surface area contributed by atoms with Crippen molar-refractivity contribution in [1.29, 1.82) is 0 Å². The fourth-order valence-electron chi connectivity index (χ4n) is 1.34. The van der Waals surface area contributed by atoms with E-state index in [0.29, 0.717) is 13.2 Å². The average molecular weight is 247 g/mol. The Balaban J connectivity index is 2.23. The number of alkyl halides is 1. The summed E-state index contributed by atoms with van der Waals surface area (Å²) in [6.45, 7) is 3.12. The van der Waals surface area contributed by atoms with Crippen LogP contribution in [0.15, 0.2) is 16.7 Å². The average Bonchev–Trinajstić information content (AvgIpc) is 2.72. The van der Waals surface area contributed by atoms with Gasteiger partial charge in [0.25, 0.3) is 0 Å². The van der Waals surface area contributed by atoms with Crippen molar-refractivity contribution in [3.63, 3.8) is 0 Å². The van der Waals surface area contributed by atoms with Crippen LogP contribution in [0.4, 0.5) is 0 Å². The third kappa shape index (κ3) is 1.66. The lowest BCUT2D eigenvalue weighted by Crippen LogP contribution is -2.21. The number of hydrogen-bond donors (Lipinski definition) is 0. The lowest BCUT2D eigenvalue weighted by atomic mass is 10.2. The lowest BCUT2D eigenvalue weighted by molar-refractivity contribution is -0.162. The van der Waals surface area contributed by atoms with Crippen molar-refractivity contribution in [3.05, 3.63) is 23.7 Å². The summed E-state index contributed by atoms with van der Waals surface area (Å²) in [5.41, 5.74) is 1.09. The Morgan fingerprint density at radius 2 is 2.15 bits per heavy atom. The smallest absolute Gasteiger partial charge is 0.225 e. The molecule has 13 heavy (non-hydrogen) atoms. The Labute approximate surface area is 85.1 Å². The van der Waals surface area contributed by atoms with Gasteiger partial charge in [0.15, 0.2) is 5.76 Å². The molecule has 2 rings (SSSR count). The monoisotopic (exact) mass is 246 g/mol. The van der Waals surface area contributed by atoms with Gasteiger partial charge in [-0.15, -0.1) is 0 Å². The zero-order valence-electron chi connectivity index (χ0n) is 7.38. The first kappa shape index (κ1) is 9.24. The zero-order chi connectivity index (χ0) is 9.31. The van der Waals surface area contributed by atoms with Gasteiger partial charge < -0.3 is 13.9 Å². The van der Waals surface area contributed by atoms with Gasteiger partial charge >= 0.3 is 0 Å². The predicted octanol–water partition coefficient (Wildman–Crippen LogP) is 2.39. The van der Waals surface area contributed by atoms with Crippen LogP contribution in [-0.2, 0) is 20.6 Å². The summed E-state index contributed by atoms with van der Waals surface area (Å²) in [7, 11) is 0. The molecule has 1 aliphatic rings. The molecule has 0 saturated carbocycles. The van der Waals surface area contributed by atoms with Crippen LogP contribution in [0.2, 0.25) is 0 Å². The topological polar surface area (TPSA) is 31.6 Å². The Morgan fingerprint density at radius 3 is 2.69 bits per heavy atom. The van der Waals surface area contributed by atoms with Gasteiger partial charge in [0.2, 0.25) is 5.79 Å². The molecule has 0 spiro atoms. The molecule has 1 saturated heterocycles. The highest BCUT2D eigenvalue weighted by atomic mass is 79.9. The van der Waals surface area contributed by atoms with Crippen LogP contribution >= 0.6 is 15.9 Å². The summed E-state index contributed by atoms with van der Waals surface area (Å²) in [5.74, 6) is 0.0555. The second-order valence-corrected chi connectivity index (χ2v) is 3.66. The third-order valence-electron chi connectivity index (χ3n) is 2.09. The van der Waals surface area contributed by atoms with E-state index in [-0.39, 0.29) is 0 Å². The van der Waals surface area contributed by atoms with Crippen molar-refractivity contribution in [1.82, 2.24) is 0 Å². The van der Waals surface area contributed by atoms with Gasteiger partial charge in [0, 0.05) is 10.9 Å². The largest absolute Gasteiger partial charge is 0.463 e. The minimum atomic E-state index is -0.680. The molecule has 1 fully saturated rings. The van der Waals surface area contributed by atoms with Gasteiger partial charge in [-0.05, 0) is 13.0 Å². The van der Waals surface area contributed by atoms with Crippen LogP contribution < -0.4 is 0 Å². The molecule has 1 aromatic rings. The molecule has 0 aliphatic carbocycles. The van der Waals surface area contributed by atoms with Gasteiger partial charge in [-0.3, -0.25) is 0 Å². The molecule has 3 nitrogen and oxygen atoms in total. The number of ether oxygens (including phenoxy) is 2. The first-order chi connectivity index (χ1) is 6.24. The lowest BCUT2D eigenvalue weighted by Gasteiger charge is -2.18. The summed E-state index contributed by atoms with van der Waals surface area (Å²) in [6.07, 6.45) is 1.71. The van der Waals surface area contributed by atoms with Crippen molar-refractivity contribution in [2.24, 2.45) is 0 Å². The molecule has 0 amide bonds. The fraction of sp³-hybridized carbons (Fsp3) is 0.556. The molecular weight excluding hydrogens is 236 g/mol. The predicted molar refractivity (Wildman–Crippen MR) is 50.6 cm³/mol. The number of hydrogen-bond acceptors (Lipinski definition) is 3. The molecule has 0 atom stereocenters. The van der Waals surface area contributed by atoms with Crippen LogP contribution in [0.1, 0.15) is 18.2 Å². The Bertz CT molecular complexity index is 289. The van der Waals surface area contributed by atoms with Crippen molar-refractivity contribution >= 4 is 15.9 Å². The maximum atomic E-state index is 5.45. The van der Waals surface area contributed by atoms with Gasteiger partial charge in [0.05, 0.1) is 19.5 Å². The molecule has 0 bridgehead atoms. The van der Waals surface area contributed by atoms with Crippen molar-refractivity contribution in [2.75, 3.05) is 13.2 Å². The van der Waals surface area contributed by atoms with Crippen LogP contribution in [0.5, 0.6) is 0 Å². The van der Waals surface area contributed by atoms with E-state index in [1.165, 1.54) is 0 Å². The summed E-state index contributed by atoms with van der Waals surface area (Å²) >= 11 is 3.36. The van der Waals surface area contributed by atoms with Crippen molar-refractivity contribution in [2.45, 2.75) is 18.0 Å². The van der Waals surface area contributed by atoms with E-state index in [2.05, 4.69) is 15.9 Å². The highest BCUT2D eigenvalue weighted by Crippen LogP contribution is 2.32. The maximum Gasteiger partial charge on any atom is 0.225 e. The van der Waals surface area contributed by atoms with Gasteiger partial charge in [0.1, 0.15) is 0 Å². The first-order valence-corrected chi connectivity index (χ1v) is 5.28. The normalized spacial score (nSPS) is 20.8. The molecule has 0 aromatic carbocycles. The molecule has 72 valence electrons. The summed E-state index contributed by atoms with van der Waals surface area (Å²) in [4.78, 5) is 0. The van der Waals surface area contributed by atoms with Crippen molar-refractivity contribution < 1.29 is 13.9 Å². The minimum Gasteiger partial charge on any atom is -0.463 e. The molecule has 1 aromatic heterocycles. The molecule has 0 N–H and O–H groups in total. The summed E-state index contributed by atoms with van der Waals surface area (Å²) in [6, 6.07) is 1.94. The van der Waals surface area contributed by atoms with Crippen LogP contribution in [-0.4, -0.2) is 13.2 Å². The van der Waals surface area contributed by atoms with Crippen LogP contribution in [0, 0.1) is 0 Å². The maximum absolute atomic E-state index is 5.45. The van der Waals surface area contributed by atoms with Gasteiger partial charge in [-0.1, -0.05) is 15.9 Å². The number of furan rings is 1. The van der Waals surface area contributed by atoms with Gasteiger partial charge in [-0.25, -0.2) is 0 Å². The van der Waals surface area contributed by atoms with E-state index in [0.717, 1.165) is 16.7 Å². The molecule has 4 heteroatoms. The second-order valence-electron chi connectivity index (χ2n) is 3.10. The molecular formula is C9H11BrO3. The Hall–Kier alpha value is -0.320. The minimum absolute atomic E-state index is 0.626. The van der Waals surface area contributed by atoms with E-state index in [1.54, 1.807) is 6.26 Å². The Kier molecular flexibility index (Phi) is 2.45. The second kappa shape index (κ2) is 3.44. The number of halogens is 1. The van der Waals surface area contributed by atoms with Gasteiger partial charge in [-0.2, -0.15) is 0 Å². The number of rotatable bonds is 2. The SMILES string of the molecule is CC1(c2cc(CBr)co2)OCCO1. The van der Waals surface area contributed by atoms with Crippen molar-refractivity contribution in [3.8, 4) is 0 Å². The highest BCUT2D eigenvalue weighted by Gasteiger charge is 2.36. The fourth-order valence-corrected chi connectivity index (χ4v) is 1.63. The Morgan fingerprint density at radius 1 is 1.46 bits per heavy atom. The van der Waals surface area contributed by atoms with E-state index >= 15 is 0 Å². The molecule has 0 unspecified atom stereocenters. The molecule has 2 heterocycles. The van der Waals surface area contributed by atoms with Crippen LogP contribution in [0.25, 0.3) is 0 Å². The first-order valence-electron chi connectivity index (χ1n) is 4.16. The van der Waals surface area contributed by atoms with E-state index in [1.807, 2.05) is 13.0 Å². The van der Waals surface area contributed by atoms with Crippen LogP contribution in [0.3, 0.4) is 0 Å².